The topological polar surface area (TPSA) is 59.8 Å². The summed E-state index contributed by atoms with van der Waals surface area (Å²) in [5.41, 5.74) is 0. The number of ether oxygens (including phenoxy) is 1. The second-order valence-electron chi connectivity index (χ2n) is 4.53. The maximum absolute atomic E-state index is 12.3. The molecule has 0 unspecified atom stereocenters. The van der Waals surface area contributed by atoms with Crippen LogP contribution < -0.4 is 0 Å². The summed E-state index contributed by atoms with van der Waals surface area (Å²) in [5, 5.41) is 0. The van der Waals surface area contributed by atoms with Gasteiger partial charge in [-0.2, -0.15) is 0 Å². The molecule has 0 aliphatic carbocycles. The number of unbranched alkanes of at least 4 members (excludes halogenated alkanes) is 2. The summed E-state index contributed by atoms with van der Waals surface area (Å²) < 4.78 is 10.0. The molecular formula is C15H23NO4. The second kappa shape index (κ2) is 9.18. The average Bonchev–Trinajstić information content (AvgIpc) is 2.96. The van der Waals surface area contributed by atoms with Crippen LogP contribution in [-0.4, -0.2) is 36.5 Å². The van der Waals surface area contributed by atoms with Gasteiger partial charge < -0.3 is 14.1 Å². The standard InChI is InChI=1S/C15H23NO4/c1-3-5-6-10-16(11-9-14(17)19-4-2)15(18)13-8-7-12-20-13/h7-8,12H,3-6,9-11H2,1-2H3. The van der Waals surface area contributed by atoms with E-state index < -0.39 is 0 Å². The van der Waals surface area contributed by atoms with Crippen molar-refractivity contribution in [3.8, 4) is 0 Å². The van der Waals surface area contributed by atoms with Gasteiger partial charge in [0.15, 0.2) is 5.76 Å². The smallest absolute Gasteiger partial charge is 0.307 e. The van der Waals surface area contributed by atoms with E-state index in [1.54, 1.807) is 24.0 Å². The second-order valence-corrected chi connectivity index (χ2v) is 4.53. The Kier molecular flexibility index (Phi) is 7.47. The molecule has 1 heterocycles. The van der Waals surface area contributed by atoms with Gasteiger partial charge in [0, 0.05) is 13.1 Å². The fourth-order valence-corrected chi connectivity index (χ4v) is 1.88. The van der Waals surface area contributed by atoms with Crippen LogP contribution in [0.3, 0.4) is 0 Å². The lowest BCUT2D eigenvalue weighted by molar-refractivity contribution is -0.143. The molecule has 0 atom stereocenters. The summed E-state index contributed by atoms with van der Waals surface area (Å²) in [7, 11) is 0. The minimum Gasteiger partial charge on any atom is -0.466 e. The number of amides is 1. The van der Waals surface area contributed by atoms with Crippen molar-refractivity contribution in [3.05, 3.63) is 24.2 Å². The highest BCUT2D eigenvalue weighted by Crippen LogP contribution is 2.09. The average molecular weight is 281 g/mol. The molecule has 0 radical (unpaired) electrons. The first-order valence-corrected chi connectivity index (χ1v) is 7.17. The molecule has 1 amide bonds. The number of esters is 1. The van der Waals surface area contributed by atoms with E-state index in [4.69, 9.17) is 9.15 Å². The van der Waals surface area contributed by atoms with Gasteiger partial charge in [-0.25, -0.2) is 0 Å². The van der Waals surface area contributed by atoms with E-state index in [0.29, 0.717) is 25.5 Å². The van der Waals surface area contributed by atoms with Crippen molar-refractivity contribution < 1.29 is 18.7 Å². The van der Waals surface area contributed by atoms with E-state index in [9.17, 15) is 9.59 Å². The third kappa shape index (κ3) is 5.47. The molecule has 0 aromatic carbocycles. The zero-order valence-corrected chi connectivity index (χ0v) is 12.3. The Labute approximate surface area is 119 Å². The third-order valence-corrected chi connectivity index (χ3v) is 2.94. The minimum atomic E-state index is -0.278. The molecule has 112 valence electrons. The van der Waals surface area contributed by atoms with Crippen LogP contribution in [0.4, 0.5) is 0 Å². The van der Waals surface area contributed by atoms with Crippen LogP contribution in [0.25, 0.3) is 0 Å². The molecule has 1 aromatic heterocycles. The maximum atomic E-state index is 12.3. The van der Waals surface area contributed by atoms with Crippen LogP contribution >= 0.6 is 0 Å². The summed E-state index contributed by atoms with van der Waals surface area (Å²) in [6, 6.07) is 3.32. The quantitative estimate of drug-likeness (QED) is 0.516. The van der Waals surface area contributed by atoms with Crippen molar-refractivity contribution in [2.45, 2.75) is 39.5 Å². The van der Waals surface area contributed by atoms with Gasteiger partial charge in [-0.1, -0.05) is 19.8 Å². The molecule has 0 aliphatic heterocycles. The van der Waals surface area contributed by atoms with Gasteiger partial charge in [-0.15, -0.1) is 0 Å². The predicted octanol–water partition coefficient (Wildman–Crippen LogP) is 2.87. The van der Waals surface area contributed by atoms with Crippen molar-refractivity contribution in [1.82, 2.24) is 4.90 Å². The van der Waals surface area contributed by atoms with Gasteiger partial charge in [0.1, 0.15) is 0 Å². The van der Waals surface area contributed by atoms with Crippen molar-refractivity contribution in [3.63, 3.8) is 0 Å². The van der Waals surface area contributed by atoms with E-state index in [0.717, 1.165) is 19.3 Å². The maximum Gasteiger partial charge on any atom is 0.307 e. The van der Waals surface area contributed by atoms with Crippen LogP contribution in [0.15, 0.2) is 22.8 Å². The van der Waals surface area contributed by atoms with Gasteiger partial charge in [0.2, 0.25) is 0 Å². The molecule has 1 rings (SSSR count). The third-order valence-electron chi connectivity index (χ3n) is 2.94. The minimum absolute atomic E-state index is 0.171. The Balaban J connectivity index is 2.55. The van der Waals surface area contributed by atoms with E-state index in [1.165, 1.54) is 6.26 Å². The molecule has 0 aliphatic rings. The first-order valence-electron chi connectivity index (χ1n) is 7.17. The number of carbonyl (C=O) groups excluding carboxylic acids is 2. The fraction of sp³-hybridized carbons (Fsp3) is 0.600. The van der Waals surface area contributed by atoms with E-state index in [2.05, 4.69) is 6.92 Å². The van der Waals surface area contributed by atoms with E-state index in [-0.39, 0.29) is 18.3 Å². The molecule has 0 spiro atoms. The Bertz CT molecular complexity index is 400. The molecular weight excluding hydrogens is 258 g/mol. The van der Waals surface area contributed by atoms with E-state index >= 15 is 0 Å². The fourth-order valence-electron chi connectivity index (χ4n) is 1.88. The summed E-state index contributed by atoms with van der Waals surface area (Å²) in [5.74, 6) is -0.138. The first-order chi connectivity index (χ1) is 9.69. The number of nitrogens with zero attached hydrogens (tertiary/aromatic N) is 1. The normalized spacial score (nSPS) is 10.3. The van der Waals surface area contributed by atoms with Crippen molar-refractivity contribution >= 4 is 11.9 Å². The summed E-state index contributed by atoms with van der Waals surface area (Å²) in [4.78, 5) is 25.3. The molecule has 0 saturated carbocycles. The van der Waals surface area contributed by atoms with Gasteiger partial charge in [0.25, 0.3) is 5.91 Å². The highest BCUT2D eigenvalue weighted by atomic mass is 16.5. The van der Waals surface area contributed by atoms with Gasteiger partial charge >= 0.3 is 5.97 Å². The number of hydrogen-bond donors (Lipinski definition) is 0. The Morgan fingerprint density at radius 2 is 2.05 bits per heavy atom. The SMILES string of the molecule is CCCCCN(CCC(=O)OCC)C(=O)c1ccco1. The number of furan rings is 1. The summed E-state index contributed by atoms with van der Waals surface area (Å²) in [6.07, 6.45) is 4.75. The molecule has 5 nitrogen and oxygen atoms in total. The lowest BCUT2D eigenvalue weighted by Crippen LogP contribution is -2.34. The lowest BCUT2D eigenvalue weighted by atomic mass is 10.2. The predicted molar refractivity (Wildman–Crippen MR) is 75.4 cm³/mol. The van der Waals surface area contributed by atoms with Crippen LogP contribution in [0.1, 0.15) is 50.1 Å². The molecule has 5 heteroatoms. The van der Waals surface area contributed by atoms with Crippen LogP contribution in [-0.2, 0) is 9.53 Å². The van der Waals surface area contributed by atoms with Crippen molar-refractivity contribution in [1.29, 1.82) is 0 Å². The van der Waals surface area contributed by atoms with Gasteiger partial charge in [-0.05, 0) is 25.5 Å². The van der Waals surface area contributed by atoms with Crippen molar-refractivity contribution in [2.75, 3.05) is 19.7 Å². The zero-order chi connectivity index (χ0) is 14.8. The number of rotatable bonds is 9. The highest BCUT2D eigenvalue weighted by Gasteiger charge is 2.18. The number of carbonyl (C=O) groups is 2. The zero-order valence-electron chi connectivity index (χ0n) is 12.3. The van der Waals surface area contributed by atoms with Gasteiger partial charge in [0.05, 0.1) is 19.3 Å². The Morgan fingerprint density at radius 1 is 1.25 bits per heavy atom. The molecule has 1 aromatic rings. The Hall–Kier alpha value is -1.78. The van der Waals surface area contributed by atoms with Crippen molar-refractivity contribution in [2.24, 2.45) is 0 Å². The monoisotopic (exact) mass is 281 g/mol. The molecule has 0 N–H and O–H groups in total. The van der Waals surface area contributed by atoms with E-state index in [1.807, 2.05) is 0 Å². The highest BCUT2D eigenvalue weighted by molar-refractivity contribution is 5.91. The summed E-state index contributed by atoms with van der Waals surface area (Å²) in [6.45, 7) is 5.23. The molecule has 0 bridgehead atoms. The van der Waals surface area contributed by atoms with Crippen LogP contribution in [0.2, 0.25) is 0 Å². The largest absolute Gasteiger partial charge is 0.466 e. The molecule has 0 fully saturated rings. The lowest BCUT2D eigenvalue weighted by Gasteiger charge is -2.21. The van der Waals surface area contributed by atoms with Crippen LogP contribution in [0, 0.1) is 0 Å². The summed E-state index contributed by atoms with van der Waals surface area (Å²) >= 11 is 0. The van der Waals surface area contributed by atoms with Gasteiger partial charge in [-0.3, -0.25) is 9.59 Å². The van der Waals surface area contributed by atoms with Crippen LogP contribution in [0.5, 0.6) is 0 Å². The molecule has 0 saturated heterocycles. The molecule has 20 heavy (non-hydrogen) atoms. The Morgan fingerprint density at radius 3 is 2.65 bits per heavy atom. The number of hydrogen-bond acceptors (Lipinski definition) is 4. The first kappa shape index (κ1) is 16.3.